The molecule has 24 heavy (non-hydrogen) atoms. The summed E-state index contributed by atoms with van der Waals surface area (Å²) in [5, 5.41) is 4.43. The lowest BCUT2D eigenvalue weighted by molar-refractivity contribution is -0.110. The highest BCUT2D eigenvalue weighted by Gasteiger charge is 2.40. The Labute approximate surface area is 153 Å². The zero-order valence-corrected chi connectivity index (χ0v) is 16.6. The van der Waals surface area contributed by atoms with Gasteiger partial charge < -0.3 is 10.1 Å². The molecule has 0 aromatic heterocycles. The predicted octanol–water partition coefficient (Wildman–Crippen LogP) is 5.83. The van der Waals surface area contributed by atoms with Crippen LogP contribution in [0.5, 0.6) is 0 Å². The van der Waals surface area contributed by atoms with Crippen molar-refractivity contribution >= 4 is 11.6 Å². The maximum Gasteiger partial charge on any atom is 0.0631 e. The second-order valence-corrected chi connectivity index (χ2v) is 8.96. The van der Waals surface area contributed by atoms with Crippen molar-refractivity contribution in [3.8, 4) is 0 Å². The molecule has 1 unspecified atom stereocenters. The van der Waals surface area contributed by atoms with Crippen molar-refractivity contribution in [1.29, 1.82) is 0 Å². The molecule has 1 aromatic carbocycles. The fraction of sp³-hybridized carbons (Fsp3) is 0.714. The van der Waals surface area contributed by atoms with Crippen LogP contribution in [-0.4, -0.2) is 18.8 Å². The van der Waals surface area contributed by atoms with Crippen LogP contribution < -0.4 is 5.32 Å². The minimum Gasteiger partial charge on any atom is -0.376 e. The largest absolute Gasteiger partial charge is 0.376 e. The van der Waals surface area contributed by atoms with Gasteiger partial charge in [-0.15, -0.1) is 0 Å². The van der Waals surface area contributed by atoms with Gasteiger partial charge in [-0.3, -0.25) is 0 Å². The number of benzene rings is 1. The van der Waals surface area contributed by atoms with Gasteiger partial charge in [0.2, 0.25) is 0 Å². The zero-order valence-electron chi connectivity index (χ0n) is 15.8. The third-order valence-corrected chi connectivity index (χ3v) is 5.50. The Hall–Kier alpha value is -0.570. The number of hydrogen-bond donors (Lipinski definition) is 1. The van der Waals surface area contributed by atoms with E-state index in [0.29, 0.717) is 5.41 Å². The van der Waals surface area contributed by atoms with Gasteiger partial charge in [0.05, 0.1) is 5.60 Å². The molecule has 1 aromatic rings. The molecule has 2 rings (SSSR count). The molecule has 0 spiro atoms. The normalized spacial score (nSPS) is 23.6. The van der Waals surface area contributed by atoms with E-state index >= 15 is 0 Å². The molecule has 1 atom stereocenters. The van der Waals surface area contributed by atoms with Crippen LogP contribution in [0.25, 0.3) is 0 Å². The van der Waals surface area contributed by atoms with Crippen molar-refractivity contribution in [1.82, 2.24) is 5.32 Å². The molecule has 3 heteroatoms. The molecule has 1 aliphatic heterocycles. The van der Waals surface area contributed by atoms with Crippen LogP contribution in [0.3, 0.4) is 0 Å². The summed E-state index contributed by atoms with van der Waals surface area (Å²) in [6, 6.07) is 8.12. The van der Waals surface area contributed by atoms with Gasteiger partial charge in [0, 0.05) is 18.2 Å². The van der Waals surface area contributed by atoms with Gasteiger partial charge in [0.1, 0.15) is 0 Å². The third kappa shape index (κ3) is 6.38. The van der Waals surface area contributed by atoms with Crippen LogP contribution in [0, 0.1) is 11.3 Å². The van der Waals surface area contributed by atoms with E-state index in [0.717, 1.165) is 30.6 Å². The number of hydrogen-bond acceptors (Lipinski definition) is 2. The Bertz CT molecular complexity index is 497. The highest BCUT2D eigenvalue weighted by molar-refractivity contribution is 6.30. The van der Waals surface area contributed by atoms with E-state index in [1.54, 1.807) is 0 Å². The Balaban J connectivity index is 1.87. The third-order valence-electron chi connectivity index (χ3n) is 5.25. The molecule has 1 N–H and O–H groups in total. The number of halogens is 1. The molecule has 1 fully saturated rings. The first-order valence-electron chi connectivity index (χ1n) is 9.39. The first kappa shape index (κ1) is 19.8. The predicted molar refractivity (Wildman–Crippen MR) is 104 cm³/mol. The summed E-state index contributed by atoms with van der Waals surface area (Å²) < 4.78 is 5.98. The first-order valence-corrected chi connectivity index (χ1v) is 9.77. The van der Waals surface area contributed by atoms with Crippen molar-refractivity contribution in [2.75, 3.05) is 13.2 Å². The van der Waals surface area contributed by atoms with E-state index in [-0.39, 0.29) is 5.60 Å². The molecule has 1 saturated heterocycles. The van der Waals surface area contributed by atoms with Crippen molar-refractivity contribution in [3.63, 3.8) is 0 Å². The molecule has 1 heterocycles. The maximum absolute atomic E-state index is 5.98. The van der Waals surface area contributed by atoms with Gasteiger partial charge in [0.15, 0.2) is 0 Å². The van der Waals surface area contributed by atoms with E-state index < -0.39 is 0 Å². The first-order chi connectivity index (χ1) is 11.3. The molecule has 0 aliphatic carbocycles. The quantitative estimate of drug-likeness (QED) is 0.595. The van der Waals surface area contributed by atoms with Crippen LogP contribution in [0.2, 0.25) is 5.02 Å². The van der Waals surface area contributed by atoms with Crippen molar-refractivity contribution in [2.45, 2.75) is 71.9 Å². The van der Waals surface area contributed by atoms with Crippen LogP contribution in [0.4, 0.5) is 0 Å². The Morgan fingerprint density at radius 3 is 2.50 bits per heavy atom. The molecular weight excluding hydrogens is 318 g/mol. The molecular formula is C21H34ClNO. The Morgan fingerprint density at radius 2 is 1.88 bits per heavy atom. The molecule has 136 valence electrons. The highest BCUT2D eigenvalue weighted by Crippen LogP contribution is 2.45. The molecule has 0 radical (unpaired) electrons. The van der Waals surface area contributed by atoms with Crippen LogP contribution in [-0.2, 0) is 11.3 Å². The Kier molecular flexibility index (Phi) is 7.15. The lowest BCUT2D eigenvalue weighted by Crippen LogP contribution is -2.42. The fourth-order valence-corrected chi connectivity index (χ4v) is 4.05. The molecule has 0 amide bonds. The van der Waals surface area contributed by atoms with Crippen molar-refractivity contribution in [3.05, 3.63) is 34.9 Å². The lowest BCUT2D eigenvalue weighted by atomic mass is 9.68. The molecule has 2 nitrogen and oxygen atoms in total. The summed E-state index contributed by atoms with van der Waals surface area (Å²) in [7, 11) is 0. The van der Waals surface area contributed by atoms with E-state index in [9.17, 15) is 0 Å². The van der Waals surface area contributed by atoms with Crippen LogP contribution >= 0.6 is 11.6 Å². The summed E-state index contributed by atoms with van der Waals surface area (Å²) >= 11 is 5.95. The van der Waals surface area contributed by atoms with Gasteiger partial charge >= 0.3 is 0 Å². The number of rotatable bonds is 8. The maximum atomic E-state index is 5.98. The average molecular weight is 352 g/mol. The standard InChI is InChI=1S/C21H34ClNO/c1-17(2)9-10-21(12-14-24-20(3,4)16-21)11-13-23-15-18-5-7-19(22)8-6-18/h5-8,17,23H,9-16H2,1-4H3. The summed E-state index contributed by atoms with van der Waals surface area (Å²) in [6.45, 7) is 12.0. The fourth-order valence-electron chi connectivity index (χ4n) is 3.92. The minimum atomic E-state index is 0.0193. The number of nitrogens with one attached hydrogen (secondary N) is 1. The smallest absolute Gasteiger partial charge is 0.0631 e. The highest BCUT2D eigenvalue weighted by atomic mass is 35.5. The second-order valence-electron chi connectivity index (χ2n) is 8.52. The van der Waals surface area contributed by atoms with Gasteiger partial charge in [-0.25, -0.2) is 0 Å². The van der Waals surface area contributed by atoms with Crippen molar-refractivity contribution < 1.29 is 4.74 Å². The molecule has 1 aliphatic rings. The van der Waals surface area contributed by atoms with E-state index in [4.69, 9.17) is 16.3 Å². The van der Waals surface area contributed by atoms with Crippen LogP contribution in [0.15, 0.2) is 24.3 Å². The van der Waals surface area contributed by atoms with E-state index in [1.807, 2.05) is 12.1 Å². The summed E-state index contributed by atoms with van der Waals surface area (Å²) in [5.41, 5.74) is 1.74. The molecule has 0 saturated carbocycles. The van der Waals surface area contributed by atoms with Gasteiger partial charge in [-0.2, -0.15) is 0 Å². The average Bonchev–Trinajstić information content (AvgIpc) is 2.51. The zero-order chi connectivity index (χ0) is 17.6. The van der Waals surface area contributed by atoms with Gasteiger partial charge in [-0.1, -0.05) is 44.0 Å². The van der Waals surface area contributed by atoms with Crippen molar-refractivity contribution in [2.24, 2.45) is 11.3 Å². The van der Waals surface area contributed by atoms with E-state index in [2.05, 4.69) is 45.1 Å². The van der Waals surface area contributed by atoms with Gasteiger partial charge in [0.25, 0.3) is 0 Å². The summed E-state index contributed by atoms with van der Waals surface area (Å²) in [6.07, 6.45) is 6.24. The van der Waals surface area contributed by atoms with Gasteiger partial charge in [-0.05, 0) is 75.1 Å². The summed E-state index contributed by atoms with van der Waals surface area (Å²) in [4.78, 5) is 0. The lowest BCUT2D eigenvalue weighted by Gasteiger charge is -2.45. The van der Waals surface area contributed by atoms with Crippen LogP contribution in [0.1, 0.15) is 65.4 Å². The summed E-state index contributed by atoms with van der Waals surface area (Å²) in [5.74, 6) is 0.773. The number of ether oxygens (including phenoxy) is 1. The molecule has 0 bridgehead atoms. The monoisotopic (exact) mass is 351 g/mol. The SMILES string of the molecule is CC(C)CCC1(CCNCc2ccc(Cl)cc2)CCOC(C)(C)C1. The second kappa shape index (κ2) is 8.69. The Morgan fingerprint density at radius 1 is 1.17 bits per heavy atom. The minimum absolute atomic E-state index is 0.0193. The van der Waals surface area contributed by atoms with E-state index in [1.165, 1.54) is 37.7 Å². The topological polar surface area (TPSA) is 21.3 Å².